The van der Waals surface area contributed by atoms with Gasteiger partial charge in [0.1, 0.15) is 0 Å². The molecule has 1 rings (SSSR count). The molecule has 2 unspecified atom stereocenters. The molecule has 0 saturated carbocycles. The highest BCUT2D eigenvalue weighted by Gasteiger charge is 2.28. The Labute approximate surface area is 122 Å². The van der Waals surface area contributed by atoms with Gasteiger partial charge in [0, 0.05) is 12.6 Å². The van der Waals surface area contributed by atoms with Crippen molar-refractivity contribution in [1.82, 2.24) is 5.32 Å². The molecule has 1 amide bonds. The Kier molecular flexibility index (Phi) is 6.21. The number of amides is 1. The van der Waals surface area contributed by atoms with Gasteiger partial charge in [-0.3, -0.25) is 4.79 Å². The van der Waals surface area contributed by atoms with E-state index in [9.17, 15) is 9.90 Å². The Morgan fingerprint density at radius 1 is 1.25 bits per heavy atom. The molecular weight excluding hydrogens is 250 g/mol. The second-order valence-corrected chi connectivity index (χ2v) is 6.31. The van der Waals surface area contributed by atoms with Crippen molar-refractivity contribution in [2.45, 2.75) is 52.5 Å². The molecule has 2 N–H and O–H groups in total. The molecule has 0 aliphatic heterocycles. The second-order valence-electron chi connectivity index (χ2n) is 6.31. The molecule has 0 aliphatic carbocycles. The van der Waals surface area contributed by atoms with Crippen LogP contribution in [-0.2, 0) is 4.79 Å². The van der Waals surface area contributed by atoms with Crippen LogP contribution in [0.15, 0.2) is 30.3 Å². The van der Waals surface area contributed by atoms with Gasteiger partial charge in [0.15, 0.2) is 0 Å². The summed E-state index contributed by atoms with van der Waals surface area (Å²) < 4.78 is 0. The quantitative estimate of drug-likeness (QED) is 0.839. The average Bonchev–Trinajstić information content (AvgIpc) is 2.39. The zero-order chi connectivity index (χ0) is 15.2. The Morgan fingerprint density at radius 3 is 2.30 bits per heavy atom. The fraction of sp³-hybridized carbons (Fsp3) is 0.588. The maximum atomic E-state index is 12.5. The maximum Gasteiger partial charge on any atom is 0.227 e. The molecule has 0 aliphatic rings. The lowest BCUT2D eigenvalue weighted by molar-refractivity contribution is -0.124. The Morgan fingerprint density at radius 2 is 1.85 bits per heavy atom. The molecular formula is C17H27NO2. The lowest BCUT2D eigenvalue weighted by atomic mass is 9.84. The molecule has 0 fully saturated rings. The fourth-order valence-corrected chi connectivity index (χ4v) is 2.38. The van der Waals surface area contributed by atoms with Crippen LogP contribution in [0.2, 0.25) is 0 Å². The Balaban J connectivity index is 2.81. The molecule has 3 heteroatoms. The van der Waals surface area contributed by atoms with Gasteiger partial charge in [-0.2, -0.15) is 0 Å². The number of rotatable bonds is 6. The maximum absolute atomic E-state index is 12.5. The van der Waals surface area contributed by atoms with Crippen LogP contribution in [0.4, 0.5) is 0 Å². The van der Waals surface area contributed by atoms with Crippen LogP contribution in [0, 0.1) is 5.41 Å². The minimum atomic E-state index is -0.125. The number of benzene rings is 1. The van der Waals surface area contributed by atoms with Crippen molar-refractivity contribution < 1.29 is 9.90 Å². The molecule has 1 aromatic carbocycles. The fourth-order valence-electron chi connectivity index (χ4n) is 2.38. The van der Waals surface area contributed by atoms with Crippen molar-refractivity contribution in [1.29, 1.82) is 0 Å². The number of aliphatic hydroxyl groups is 1. The molecule has 0 aromatic heterocycles. The topological polar surface area (TPSA) is 49.3 Å². The number of aliphatic hydroxyl groups excluding tert-OH is 1. The van der Waals surface area contributed by atoms with Crippen LogP contribution in [0.5, 0.6) is 0 Å². The summed E-state index contributed by atoms with van der Waals surface area (Å²) in [5.41, 5.74) is 0.983. The van der Waals surface area contributed by atoms with Crippen LogP contribution < -0.4 is 5.32 Å². The van der Waals surface area contributed by atoms with Gasteiger partial charge in [-0.25, -0.2) is 0 Å². The molecule has 0 heterocycles. The van der Waals surface area contributed by atoms with Crippen LogP contribution in [0.1, 0.15) is 52.0 Å². The van der Waals surface area contributed by atoms with Crippen LogP contribution in [0.25, 0.3) is 0 Å². The minimum Gasteiger partial charge on any atom is -0.396 e. The summed E-state index contributed by atoms with van der Waals surface area (Å²) in [6, 6.07) is 9.84. The van der Waals surface area contributed by atoms with Gasteiger partial charge in [-0.15, -0.1) is 0 Å². The minimum absolute atomic E-state index is 0.0160. The monoisotopic (exact) mass is 277 g/mol. The zero-order valence-corrected chi connectivity index (χ0v) is 13.0. The third kappa shape index (κ3) is 4.64. The van der Waals surface area contributed by atoms with Gasteiger partial charge in [0.05, 0.1) is 5.92 Å². The van der Waals surface area contributed by atoms with E-state index in [0.717, 1.165) is 12.0 Å². The van der Waals surface area contributed by atoms with Crippen molar-refractivity contribution in [2.24, 2.45) is 5.41 Å². The van der Waals surface area contributed by atoms with Crippen LogP contribution in [0.3, 0.4) is 0 Å². The Hall–Kier alpha value is -1.35. The smallest absolute Gasteiger partial charge is 0.227 e. The molecule has 0 radical (unpaired) electrons. The van der Waals surface area contributed by atoms with Crippen molar-refractivity contribution in [3.8, 4) is 0 Å². The first-order valence-electron chi connectivity index (χ1n) is 7.36. The Bertz CT molecular complexity index is 409. The van der Waals surface area contributed by atoms with Gasteiger partial charge >= 0.3 is 0 Å². The van der Waals surface area contributed by atoms with Gasteiger partial charge in [-0.05, 0) is 23.8 Å². The lowest BCUT2D eigenvalue weighted by Crippen LogP contribution is -2.46. The predicted octanol–water partition coefficient (Wildman–Crippen LogP) is 3.09. The van der Waals surface area contributed by atoms with Crippen molar-refractivity contribution in [3.63, 3.8) is 0 Å². The van der Waals surface area contributed by atoms with E-state index in [0.29, 0.717) is 6.42 Å². The summed E-state index contributed by atoms with van der Waals surface area (Å²) in [5.74, 6) is -0.0770. The standard InChI is InChI=1S/C17H27NO2/c1-5-14(13-9-7-6-8-10-13)16(20)18-15(11-12-19)17(2,3)4/h6-10,14-15,19H,5,11-12H2,1-4H3,(H,18,20). The zero-order valence-electron chi connectivity index (χ0n) is 13.0. The van der Waals surface area contributed by atoms with E-state index in [2.05, 4.69) is 26.1 Å². The second kappa shape index (κ2) is 7.44. The van der Waals surface area contributed by atoms with E-state index in [1.807, 2.05) is 37.3 Å². The number of carbonyl (C=O) groups is 1. The molecule has 112 valence electrons. The van der Waals surface area contributed by atoms with E-state index in [-0.39, 0.29) is 29.9 Å². The molecule has 0 spiro atoms. The van der Waals surface area contributed by atoms with Crippen LogP contribution >= 0.6 is 0 Å². The summed E-state index contributed by atoms with van der Waals surface area (Å²) in [7, 11) is 0. The van der Waals surface area contributed by atoms with Crippen molar-refractivity contribution >= 4 is 5.91 Å². The third-order valence-electron chi connectivity index (χ3n) is 3.71. The first-order chi connectivity index (χ1) is 9.40. The van der Waals surface area contributed by atoms with E-state index >= 15 is 0 Å². The molecule has 0 bridgehead atoms. The highest BCUT2D eigenvalue weighted by molar-refractivity contribution is 5.83. The normalized spacial score (nSPS) is 14.7. The third-order valence-corrected chi connectivity index (χ3v) is 3.71. The predicted molar refractivity (Wildman–Crippen MR) is 82.6 cm³/mol. The van der Waals surface area contributed by atoms with Gasteiger partial charge < -0.3 is 10.4 Å². The van der Waals surface area contributed by atoms with Crippen molar-refractivity contribution in [2.75, 3.05) is 6.61 Å². The van der Waals surface area contributed by atoms with E-state index in [1.54, 1.807) is 0 Å². The first kappa shape index (κ1) is 16.7. The number of hydrogen-bond donors (Lipinski definition) is 2. The van der Waals surface area contributed by atoms with E-state index in [4.69, 9.17) is 0 Å². The molecule has 0 saturated heterocycles. The number of nitrogens with one attached hydrogen (secondary N) is 1. The summed E-state index contributed by atoms with van der Waals surface area (Å²) in [4.78, 5) is 12.5. The highest BCUT2D eigenvalue weighted by atomic mass is 16.3. The molecule has 20 heavy (non-hydrogen) atoms. The first-order valence-corrected chi connectivity index (χ1v) is 7.36. The highest BCUT2D eigenvalue weighted by Crippen LogP contribution is 2.24. The largest absolute Gasteiger partial charge is 0.396 e. The summed E-state index contributed by atoms with van der Waals surface area (Å²) in [5, 5.41) is 12.3. The average molecular weight is 277 g/mol. The van der Waals surface area contributed by atoms with E-state index < -0.39 is 0 Å². The molecule has 3 nitrogen and oxygen atoms in total. The van der Waals surface area contributed by atoms with Crippen molar-refractivity contribution in [3.05, 3.63) is 35.9 Å². The number of carbonyl (C=O) groups excluding carboxylic acids is 1. The SMILES string of the molecule is CCC(C(=O)NC(CCO)C(C)(C)C)c1ccccc1. The van der Waals surface area contributed by atoms with Crippen LogP contribution in [-0.4, -0.2) is 23.7 Å². The van der Waals surface area contributed by atoms with Gasteiger partial charge in [0.2, 0.25) is 5.91 Å². The molecule has 1 aromatic rings. The summed E-state index contributed by atoms with van der Waals surface area (Å²) in [6.07, 6.45) is 1.35. The van der Waals surface area contributed by atoms with E-state index in [1.165, 1.54) is 0 Å². The number of hydrogen-bond acceptors (Lipinski definition) is 2. The van der Waals surface area contributed by atoms with Gasteiger partial charge in [-0.1, -0.05) is 58.0 Å². The van der Waals surface area contributed by atoms with Gasteiger partial charge in [0.25, 0.3) is 0 Å². The molecule has 2 atom stereocenters. The lowest BCUT2D eigenvalue weighted by Gasteiger charge is -2.32. The summed E-state index contributed by atoms with van der Waals surface area (Å²) in [6.45, 7) is 8.35. The summed E-state index contributed by atoms with van der Waals surface area (Å²) >= 11 is 0.